The number of halogens is 1. The quantitative estimate of drug-likeness (QED) is 0.815. The van der Waals surface area contributed by atoms with E-state index in [2.05, 4.69) is 10.6 Å². The molecule has 2 N–H and O–H groups in total. The first-order valence-electron chi connectivity index (χ1n) is 7.43. The number of hydrogen-bond donors (Lipinski definition) is 2. The normalized spacial score (nSPS) is 23.9. The van der Waals surface area contributed by atoms with Crippen LogP contribution in [0.15, 0.2) is 0 Å². The van der Waals surface area contributed by atoms with Crippen LogP contribution < -0.4 is 10.6 Å². The molecule has 1 unspecified atom stereocenters. The Bertz CT molecular complexity index is 324. The topological polar surface area (TPSA) is 61.4 Å². The summed E-state index contributed by atoms with van der Waals surface area (Å²) < 4.78 is 0. The van der Waals surface area contributed by atoms with E-state index < -0.39 is 0 Å². The molecule has 2 heterocycles. The Balaban J connectivity index is 0.00000200. The number of nitrogens with zero attached hydrogens (tertiary/aromatic N) is 1. The van der Waals surface area contributed by atoms with Crippen molar-refractivity contribution in [1.29, 1.82) is 0 Å². The number of nitrogens with one attached hydrogen (secondary N) is 2. The molecule has 0 bridgehead atoms. The smallest absolute Gasteiger partial charge is 0.239 e. The second-order valence-electron chi connectivity index (χ2n) is 5.65. The molecule has 2 aliphatic rings. The van der Waals surface area contributed by atoms with Crippen LogP contribution in [0.2, 0.25) is 0 Å². The van der Waals surface area contributed by atoms with Gasteiger partial charge in [-0.2, -0.15) is 0 Å². The number of likely N-dealkylation sites (tertiary alicyclic amines) is 1. The molecule has 0 aromatic carbocycles. The number of carbonyl (C=O) groups is 2. The maximum absolute atomic E-state index is 12.3. The van der Waals surface area contributed by atoms with E-state index in [1.807, 2.05) is 4.90 Å². The van der Waals surface area contributed by atoms with Crippen LogP contribution >= 0.6 is 12.4 Å². The molecule has 0 aromatic rings. The number of rotatable bonds is 3. The number of piperidine rings is 2. The minimum atomic E-state index is 0. The zero-order chi connectivity index (χ0) is 13.7. The lowest BCUT2D eigenvalue weighted by atomic mass is 9.92. The van der Waals surface area contributed by atoms with Gasteiger partial charge in [0.05, 0.1) is 6.04 Å². The monoisotopic (exact) mass is 303 g/mol. The van der Waals surface area contributed by atoms with Gasteiger partial charge in [-0.1, -0.05) is 6.42 Å². The van der Waals surface area contributed by atoms with Crippen molar-refractivity contribution in [2.24, 2.45) is 5.92 Å². The van der Waals surface area contributed by atoms with Gasteiger partial charge >= 0.3 is 0 Å². The molecule has 5 nitrogen and oxygen atoms in total. The second kappa shape index (κ2) is 8.47. The van der Waals surface area contributed by atoms with Gasteiger partial charge < -0.3 is 15.5 Å². The van der Waals surface area contributed by atoms with Crippen LogP contribution in [0.5, 0.6) is 0 Å². The third-order valence-electron chi connectivity index (χ3n) is 4.29. The van der Waals surface area contributed by atoms with Gasteiger partial charge in [-0.15, -0.1) is 12.4 Å². The molecule has 0 spiro atoms. The zero-order valence-electron chi connectivity index (χ0n) is 12.2. The van der Waals surface area contributed by atoms with Crippen molar-refractivity contribution in [3.63, 3.8) is 0 Å². The Morgan fingerprint density at radius 1 is 1.20 bits per heavy atom. The summed E-state index contributed by atoms with van der Waals surface area (Å²) in [6.45, 7) is 2.57. The van der Waals surface area contributed by atoms with E-state index in [1.165, 1.54) is 6.42 Å². The second-order valence-corrected chi connectivity index (χ2v) is 5.65. The summed E-state index contributed by atoms with van der Waals surface area (Å²) in [5.41, 5.74) is 0. The highest BCUT2D eigenvalue weighted by Gasteiger charge is 2.29. The lowest BCUT2D eigenvalue weighted by molar-refractivity contribution is -0.135. The van der Waals surface area contributed by atoms with Crippen molar-refractivity contribution in [2.75, 3.05) is 26.7 Å². The highest BCUT2D eigenvalue weighted by molar-refractivity contribution is 5.85. The molecule has 1 atom stereocenters. The van der Waals surface area contributed by atoms with Crippen LogP contribution in [0, 0.1) is 5.92 Å². The van der Waals surface area contributed by atoms with Gasteiger partial charge in [0.25, 0.3) is 0 Å². The predicted molar refractivity (Wildman–Crippen MR) is 80.9 cm³/mol. The van der Waals surface area contributed by atoms with Crippen molar-refractivity contribution in [1.82, 2.24) is 15.5 Å². The number of hydrogen-bond acceptors (Lipinski definition) is 3. The lowest BCUT2D eigenvalue weighted by Crippen LogP contribution is -2.50. The average molecular weight is 304 g/mol. The molecular formula is C14H26ClN3O2. The number of amides is 2. The summed E-state index contributed by atoms with van der Waals surface area (Å²) in [5, 5.41) is 5.98. The molecule has 2 rings (SSSR count). The first kappa shape index (κ1) is 17.2. The molecular weight excluding hydrogens is 278 g/mol. The van der Waals surface area contributed by atoms with Crippen LogP contribution in [-0.2, 0) is 9.59 Å². The first-order chi connectivity index (χ1) is 9.20. The fourth-order valence-electron chi connectivity index (χ4n) is 3.00. The molecule has 2 saturated heterocycles. The minimum absolute atomic E-state index is 0. The van der Waals surface area contributed by atoms with Gasteiger partial charge in [-0.3, -0.25) is 9.59 Å². The molecule has 6 heteroatoms. The van der Waals surface area contributed by atoms with Crippen molar-refractivity contribution >= 4 is 24.2 Å². The molecule has 2 aliphatic heterocycles. The molecule has 2 amide bonds. The van der Waals surface area contributed by atoms with E-state index >= 15 is 0 Å². The molecule has 20 heavy (non-hydrogen) atoms. The van der Waals surface area contributed by atoms with E-state index in [1.54, 1.807) is 7.05 Å². The van der Waals surface area contributed by atoms with E-state index in [4.69, 9.17) is 0 Å². The molecule has 116 valence electrons. The van der Waals surface area contributed by atoms with Crippen LogP contribution in [0.1, 0.15) is 38.5 Å². The van der Waals surface area contributed by atoms with Crippen molar-refractivity contribution < 1.29 is 9.59 Å². The van der Waals surface area contributed by atoms with Crippen molar-refractivity contribution in [3.05, 3.63) is 0 Å². The predicted octanol–water partition coefficient (Wildman–Crippen LogP) is 0.925. The Kier molecular flexibility index (Phi) is 7.30. The maximum Gasteiger partial charge on any atom is 0.239 e. The highest BCUT2D eigenvalue weighted by Crippen LogP contribution is 2.22. The van der Waals surface area contributed by atoms with Gasteiger partial charge in [0.15, 0.2) is 0 Å². The Morgan fingerprint density at radius 2 is 1.90 bits per heavy atom. The lowest BCUT2D eigenvalue weighted by Gasteiger charge is -2.35. The van der Waals surface area contributed by atoms with Gasteiger partial charge in [0.2, 0.25) is 11.8 Å². The van der Waals surface area contributed by atoms with E-state index in [0.717, 1.165) is 45.3 Å². The standard InChI is InChI=1S/C14H25N3O2.ClH/c1-15-13(18)10-11-5-8-17(9-6-11)14(19)12-4-2-3-7-16-12;/h11-12,16H,2-10H2,1H3,(H,15,18);1H. The SMILES string of the molecule is CNC(=O)CC1CCN(C(=O)C2CCCCN2)CC1.Cl. The summed E-state index contributed by atoms with van der Waals surface area (Å²) in [5.74, 6) is 0.806. The maximum atomic E-state index is 12.3. The van der Waals surface area contributed by atoms with Gasteiger partial charge in [-0.25, -0.2) is 0 Å². The van der Waals surface area contributed by atoms with Crippen LogP contribution in [-0.4, -0.2) is 49.4 Å². The molecule has 0 aliphatic carbocycles. The summed E-state index contributed by atoms with van der Waals surface area (Å²) in [6.07, 6.45) is 5.80. The zero-order valence-corrected chi connectivity index (χ0v) is 13.0. The van der Waals surface area contributed by atoms with E-state index in [-0.39, 0.29) is 30.3 Å². The summed E-state index contributed by atoms with van der Waals surface area (Å²) in [6, 6.07) is 0.0317. The first-order valence-corrected chi connectivity index (χ1v) is 7.43. The molecule has 2 fully saturated rings. The fraction of sp³-hybridized carbons (Fsp3) is 0.857. The van der Waals surface area contributed by atoms with Crippen LogP contribution in [0.25, 0.3) is 0 Å². The van der Waals surface area contributed by atoms with E-state index in [0.29, 0.717) is 12.3 Å². The third-order valence-corrected chi connectivity index (χ3v) is 4.29. The molecule has 0 radical (unpaired) electrons. The van der Waals surface area contributed by atoms with Crippen molar-refractivity contribution in [3.8, 4) is 0 Å². The van der Waals surface area contributed by atoms with Crippen LogP contribution in [0.3, 0.4) is 0 Å². The fourth-order valence-corrected chi connectivity index (χ4v) is 3.00. The number of carbonyl (C=O) groups excluding carboxylic acids is 2. The van der Waals surface area contributed by atoms with E-state index in [9.17, 15) is 9.59 Å². The minimum Gasteiger partial charge on any atom is -0.359 e. The summed E-state index contributed by atoms with van der Waals surface area (Å²) in [7, 11) is 1.68. The van der Waals surface area contributed by atoms with Gasteiger partial charge in [0.1, 0.15) is 0 Å². The largest absolute Gasteiger partial charge is 0.359 e. The highest BCUT2D eigenvalue weighted by atomic mass is 35.5. The van der Waals surface area contributed by atoms with Crippen molar-refractivity contribution in [2.45, 2.75) is 44.6 Å². The molecule has 0 aromatic heterocycles. The van der Waals surface area contributed by atoms with Crippen LogP contribution in [0.4, 0.5) is 0 Å². The Hall–Kier alpha value is -0.810. The van der Waals surface area contributed by atoms with Gasteiger partial charge in [-0.05, 0) is 38.1 Å². The average Bonchev–Trinajstić information content (AvgIpc) is 2.48. The Morgan fingerprint density at radius 3 is 2.45 bits per heavy atom. The summed E-state index contributed by atoms with van der Waals surface area (Å²) in [4.78, 5) is 25.6. The van der Waals surface area contributed by atoms with Gasteiger partial charge in [0, 0.05) is 26.6 Å². The Labute approximate surface area is 127 Å². The molecule has 0 saturated carbocycles. The summed E-state index contributed by atoms with van der Waals surface area (Å²) >= 11 is 0. The third kappa shape index (κ3) is 4.63.